The third-order valence-corrected chi connectivity index (χ3v) is 4.95. The van der Waals surface area contributed by atoms with Gasteiger partial charge in [-0.2, -0.15) is 0 Å². The van der Waals surface area contributed by atoms with E-state index in [2.05, 4.69) is 21.2 Å². The highest BCUT2D eigenvalue weighted by Gasteiger charge is 2.40. The molecule has 0 aromatic heterocycles. The van der Waals surface area contributed by atoms with Crippen molar-refractivity contribution in [2.75, 3.05) is 6.54 Å². The Morgan fingerprint density at radius 3 is 2.24 bits per heavy atom. The summed E-state index contributed by atoms with van der Waals surface area (Å²) < 4.78 is 6.10. The van der Waals surface area contributed by atoms with E-state index in [1.54, 1.807) is 45.0 Å². The van der Waals surface area contributed by atoms with Crippen molar-refractivity contribution < 1.29 is 19.1 Å². The zero-order chi connectivity index (χ0) is 21.2. The molecule has 1 aliphatic rings. The topological polar surface area (TPSA) is 75.7 Å². The number of imide groups is 1. The van der Waals surface area contributed by atoms with Crippen LogP contribution in [0.3, 0.4) is 0 Å². The van der Waals surface area contributed by atoms with Gasteiger partial charge in [-0.3, -0.25) is 14.5 Å². The molecule has 0 aliphatic carbocycles. The maximum atomic E-state index is 13.0. The summed E-state index contributed by atoms with van der Waals surface area (Å²) in [6.07, 6.45) is -0.172. The van der Waals surface area contributed by atoms with Crippen LogP contribution in [0.25, 0.3) is 0 Å². The number of ether oxygens (including phenoxy) is 1. The number of fused-ring (bicyclic) bond motifs is 1. The van der Waals surface area contributed by atoms with Crippen LogP contribution in [-0.2, 0) is 4.74 Å². The smallest absolute Gasteiger partial charge is 0.407 e. The number of hydrogen-bond acceptors (Lipinski definition) is 4. The Bertz CT molecular complexity index is 917. The van der Waals surface area contributed by atoms with Crippen molar-refractivity contribution in [2.24, 2.45) is 0 Å². The normalized spacial score (nSPS) is 14.6. The van der Waals surface area contributed by atoms with Crippen LogP contribution in [0.15, 0.2) is 53.0 Å². The number of nitrogens with one attached hydrogen (secondary N) is 1. The molecule has 1 heterocycles. The second-order valence-electron chi connectivity index (χ2n) is 7.81. The van der Waals surface area contributed by atoms with Gasteiger partial charge in [-0.25, -0.2) is 4.79 Å². The summed E-state index contributed by atoms with van der Waals surface area (Å²) in [5.41, 5.74) is 1.01. The SMILES string of the molecule is CC(C)(C)OC(=O)NCCC(c1cccc(Br)c1)N1C(=O)c2ccccc2C1=O. The lowest BCUT2D eigenvalue weighted by Gasteiger charge is -2.27. The molecular formula is C22H23BrN2O4. The molecule has 2 aromatic carbocycles. The van der Waals surface area contributed by atoms with Crippen molar-refractivity contribution >= 4 is 33.8 Å². The fourth-order valence-electron chi connectivity index (χ4n) is 3.27. The molecule has 2 aromatic rings. The molecule has 1 unspecified atom stereocenters. The summed E-state index contributed by atoms with van der Waals surface area (Å²) in [4.78, 5) is 39.2. The van der Waals surface area contributed by atoms with E-state index in [-0.39, 0.29) is 18.4 Å². The third-order valence-electron chi connectivity index (χ3n) is 4.46. The van der Waals surface area contributed by atoms with Gasteiger partial charge in [0.1, 0.15) is 5.60 Å². The Kier molecular flexibility index (Phi) is 6.07. The fourth-order valence-corrected chi connectivity index (χ4v) is 3.69. The lowest BCUT2D eigenvalue weighted by molar-refractivity contribution is 0.0517. The predicted molar refractivity (Wildman–Crippen MR) is 113 cm³/mol. The van der Waals surface area contributed by atoms with E-state index >= 15 is 0 Å². The van der Waals surface area contributed by atoms with E-state index in [9.17, 15) is 14.4 Å². The summed E-state index contributed by atoms with van der Waals surface area (Å²) in [5.74, 6) is -0.652. The van der Waals surface area contributed by atoms with Gasteiger partial charge < -0.3 is 10.1 Å². The second-order valence-corrected chi connectivity index (χ2v) is 8.73. The molecule has 7 heteroatoms. The molecule has 3 rings (SSSR count). The highest BCUT2D eigenvalue weighted by Crippen LogP contribution is 2.34. The molecule has 1 aliphatic heterocycles. The van der Waals surface area contributed by atoms with E-state index in [0.717, 1.165) is 10.0 Å². The van der Waals surface area contributed by atoms with Crippen molar-refractivity contribution in [1.29, 1.82) is 0 Å². The van der Waals surface area contributed by atoms with Gasteiger partial charge in [-0.05, 0) is 57.0 Å². The molecule has 29 heavy (non-hydrogen) atoms. The largest absolute Gasteiger partial charge is 0.444 e. The standard InChI is InChI=1S/C22H23BrN2O4/c1-22(2,3)29-21(28)24-12-11-18(14-7-6-8-15(23)13-14)25-19(26)16-9-4-5-10-17(16)20(25)27/h4-10,13,18H,11-12H2,1-3H3,(H,24,28). The van der Waals surface area contributed by atoms with Crippen LogP contribution in [0.5, 0.6) is 0 Å². The Balaban J connectivity index is 1.83. The first-order chi connectivity index (χ1) is 13.7. The Morgan fingerprint density at radius 1 is 1.07 bits per heavy atom. The highest BCUT2D eigenvalue weighted by molar-refractivity contribution is 9.10. The summed E-state index contributed by atoms with van der Waals surface area (Å²) in [6, 6.07) is 13.8. The molecule has 3 amide bonds. The van der Waals surface area contributed by atoms with Gasteiger partial charge in [0.15, 0.2) is 0 Å². The Morgan fingerprint density at radius 2 is 1.69 bits per heavy atom. The van der Waals surface area contributed by atoms with Crippen LogP contribution in [0.2, 0.25) is 0 Å². The molecule has 0 fully saturated rings. The van der Waals surface area contributed by atoms with Crippen LogP contribution in [0.1, 0.15) is 59.5 Å². The third kappa shape index (κ3) is 4.85. The zero-order valence-corrected chi connectivity index (χ0v) is 18.2. The first-order valence-electron chi connectivity index (χ1n) is 9.36. The first kappa shape index (κ1) is 21.0. The van der Waals surface area contributed by atoms with E-state index in [1.807, 2.05) is 24.3 Å². The number of benzene rings is 2. The van der Waals surface area contributed by atoms with Crippen LogP contribution in [-0.4, -0.2) is 35.0 Å². The molecule has 6 nitrogen and oxygen atoms in total. The van der Waals surface area contributed by atoms with Crippen molar-refractivity contribution in [2.45, 2.75) is 38.8 Å². The molecule has 0 bridgehead atoms. The number of carbonyl (C=O) groups excluding carboxylic acids is 3. The number of alkyl carbamates (subject to hydrolysis) is 1. The van der Waals surface area contributed by atoms with Gasteiger partial charge >= 0.3 is 6.09 Å². The predicted octanol–water partition coefficient (Wildman–Crippen LogP) is 4.70. The lowest BCUT2D eigenvalue weighted by atomic mass is 10.0. The Labute approximate surface area is 178 Å². The average Bonchev–Trinajstić information content (AvgIpc) is 2.89. The molecule has 1 N–H and O–H groups in total. The summed E-state index contributed by atoms with van der Waals surface area (Å²) in [5, 5.41) is 2.71. The minimum absolute atomic E-state index is 0.250. The summed E-state index contributed by atoms with van der Waals surface area (Å²) in [7, 11) is 0. The maximum absolute atomic E-state index is 13.0. The van der Waals surface area contributed by atoms with Gasteiger partial charge in [0.2, 0.25) is 0 Å². The fraction of sp³-hybridized carbons (Fsp3) is 0.318. The lowest BCUT2D eigenvalue weighted by Crippen LogP contribution is -2.38. The molecule has 1 atom stereocenters. The zero-order valence-electron chi connectivity index (χ0n) is 16.6. The van der Waals surface area contributed by atoms with Crippen LogP contribution in [0.4, 0.5) is 4.79 Å². The van der Waals surface area contributed by atoms with Crippen molar-refractivity contribution in [3.05, 3.63) is 69.7 Å². The van der Waals surface area contributed by atoms with Crippen LogP contribution >= 0.6 is 15.9 Å². The molecule has 152 valence electrons. The number of rotatable bonds is 5. The summed E-state index contributed by atoms with van der Waals surface area (Å²) in [6.45, 7) is 5.61. The minimum Gasteiger partial charge on any atom is -0.444 e. The molecule has 0 radical (unpaired) electrons. The van der Waals surface area contributed by atoms with Gasteiger partial charge in [0.25, 0.3) is 11.8 Å². The number of halogens is 1. The minimum atomic E-state index is -0.601. The molecule has 0 saturated heterocycles. The Hall–Kier alpha value is -2.67. The first-order valence-corrected chi connectivity index (χ1v) is 10.2. The van der Waals surface area contributed by atoms with E-state index in [1.165, 1.54) is 4.90 Å². The van der Waals surface area contributed by atoms with Gasteiger partial charge in [0, 0.05) is 11.0 Å². The monoisotopic (exact) mass is 458 g/mol. The van der Waals surface area contributed by atoms with Crippen LogP contribution < -0.4 is 5.32 Å². The van der Waals surface area contributed by atoms with E-state index < -0.39 is 17.7 Å². The van der Waals surface area contributed by atoms with Crippen molar-refractivity contribution in [3.8, 4) is 0 Å². The molecule has 0 saturated carbocycles. The quantitative estimate of drug-likeness (QED) is 0.658. The van der Waals surface area contributed by atoms with E-state index in [0.29, 0.717) is 17.5 Å². The maximum Gasteiger partial charge on any atom is 0.407 e. The van der Waals surface area contributed by atoms with E-state index in [4.69, 9.17) is 4.74 Å². The average molecular weight is 459 g/mol. The number of nitrogens with zero attached hydrogens (tertiary/aromatic N) is 1. The summed E-state index contributed by atoms with van der Waals surface area (Å²) >= 11 is 3.44. The molecule has 0 spiro atoms. The number of hydrogen-bond donors (Lipinski definition) is 1. The van der Waals surface area contributed by atoms with Crippen LogP contribution in [0, 0.1) is 0 Å². The second kappa shape index (κ2) is 8.37. The molecular weight excluding hydrogens is 436 g/mol. The van der Waals surface area contributed by atoms with Gasteiger partial charge in [-0.1, -0.05) is 40.2 Å². The number of carbonyl (C=O) groups is 3. The van der Waals surface area contributed by atoms with Crippen molar-refractivity contribution in [3.63, 3.8) is 0 Å². The number of amides is 3. The van der Waals surface area contributed by atoms with Gasteiger partial charge in [-0.15, -0.1) is 0 Å². The van der Waals surface area contributed by atoms with Gasteiger partial charge in [0.05, 0.1) is 17.2 Å². The highest BCUT2D eigenvalue weighted by atomic mass is 79.9. The van der Waals surface area contributed by atoms with Crippen molar-refractivity contribution in [1.82, 2.24) is 10.2 Å².